The second kappa shape index (κ2) is 12.3. The molecule has 1 fully saturated rings. The Labute approximate surface area is 214 Å². The number of carbonyl (C=O) groups is 3. The fourth-order valence-corrected chi connectivity index (χ4v) is 4.10. The van der Waals surface area contributed by atoms with E-state index in [9.17, 15) is 28.3 Å². The highest BCUT2D eigenvalue weighted by Crippen LogP contribution is 2.33. The van der Waals surface area contributed by atoms with Crippen LogP contribution in [0.3, 0.4) is 0 Å². The summed E-state index contributed by atoms with van der Waals surface area (Å²) in [6.45, 7) is 0.185. The molecule has 1 heterocycles. The van der Waals surface area contributed by atoms with Crippen LogP contribution in [0.1, 0.15) is 17.5 Å². The molecule has 3 atom stereocenters. The van der Waals surface area contributed by atoms with Crippen LogP contribution in [-0.4, -0.2) is 71.5 Å². The van der Waals surface area contributed by atoms with Crippen molar-refractivity contribution in [2.24, 2.45) is 0 Å². The lowest BCUT2D eigenvalue weighted by Crippen LogP contribution is -2.56. The van der Waals surface area contributed by atoms with Gasteiger partial charge in [-0.3, -0.25) is 14.4 Å². The molecule has 8 nitrogen and oxygen atoms in total. The van der Waals surface area contributed by atoms with Crippen molar-refractivity contribution < 1.29 is 33.0 Å². The largest absolute Gasteiger partial charge is 0.484 e. The molecule has 10 heteroatoms. The van der Waals surface area contributed by atoms with Crippen molar-refractivity contribution in [1.82, 2.24) is 15.5 Å². The lowest BCUT2D eigenvalue weighted by molar-refractivity contribution is -0.147. The van der Waals surface area contributed by atoms with E-state index in [1.165, 1.54) is 0 Å². The molecule has 1 aliphatic heterocycles. The van der Waals surface area contributed by atoms with Gasteiger partial charge in [0.1, 0.15) is 11.8 Å². The summed E-state index contributed by atoms with van der Waals surface area (Å²) in [5.74, 6) is -3.22. The maximum atomic E-state index is 14.2. The van der Waals surface area contributed by atoms with Crippen molar-refractivity contribution in [2.75, 3.05) is 19.7 Å². The molecule has 2 aromatic carbocycles. The molecule has 37 heavy (non-hydrogen) atoms. The number of aryl methyl sites for hydroxylation is 1. The normalized spacial score (nSPS) is 17.8. The molecule has 2 aromatic rings. The van der Waals surface area contributed by atoms with Crippen molar-refractivity contribution in [1.29, 1.82) is 0 Å². The van der Waals surface area contributed by atoms with E-state index in [1.54, 1.807) is 42.5 Å². The number of alkyl halides is 2. The number of ether oxygens (including phenoxy) is 1. The average Bonchev–Trinajstić information content (AvgIpc) is 3.21. The molecule has 0 aromatic heterocycles. The molecule has 0 aliphatic carbocycles. The van der Waals surface area contributed by atoms with E-state index in [4.69, 9.17) is 11.2 Å². The van der Waals surface area contributed by atoms with E-state index in [-0.39, 0.29) is 13.0 Å². The average molecular weight is 514 g/mol. The minimum absolute atomic E-state index is 0.0298. The summed E-state index contributed by atoms with van der Waals surface area (Å²) in [5.41, 5.74) is 1.50. The lowest BCUT2D eigenvalue weighted by atomic mass is 9.99. The number of nitrogens with zero attached hydrogens (tertiary/aromatic N) is 1. The molecule has 3 N–H and O–H groups in total. The second-order valence-corrected chi connectivity index (χ2v) is 8.83. The molecule has 0 saturated carbocycles. The van der Waals surface area contributed by atoms with Gasteiger partial charge in [0.25, 0.3) is 17.7 Å². The van der Waals surface area contributed by atoms with Crippen LogP contribution in [0.2, 0.25) is 0 Å². The molecule has 0 unspecified atom stereocenters. The van der Waals surface area contributed by atoms with E-state index in [2.05, 4.69) is 16.6 Å². The molecule has 1 aliphatic rings. The summed E-state index contributed by atoms with van der Waals surface area (Å²) in [5, 5.41) is 15.9. The number of rotatable bonds is 10. The zero-order valence-electron chi connectivity index (χ0n) is 20.3. The number of hydrogen-bond donors (Lipinski definition) is 3. The van der Waals surface area contributed by atoms with E-state index >= 15 is 0 Å². The van der Waals surface area contributed by atoms with Gasteiger partial charge in [-0.25, -0.2) is 8.78 Å². The van der Waals surface area contributed by atoms with Crippen molar-refractivity contribution >= 4 is 17.7 Å². The summed E-state index contributed by atoms with van der Waals surface area (Å²) in [4.78, 5) is 39.0. The van der Waals surface area contributed by atoms with Gasteiger partial charge in [-0.15, -0.1) is 6.42 Å². The molecule has 3 rings (SSSR count). The Bertz CT molecular complexity index is 1150. The summed E-state index contributed by atoms with van der Waals surface area (Å²) in [7, 11) is 0. The van der Waals surface area contributed by atoms with E-state index in [1.807, 2.05) is 19.1 Å². The van der Waals surface area contributed by atoms with Crippen LogP contribution < -0.4 is 15.4 Å². The summed E-state index contributed by atoms with van der Waals surface area (Å²) < 4.78 is 34.0. The van der Waals surface area contributed by atoms with Crippen molar-refractivity contribution in [3.63, 3.8) is 0 Å². The van der Waals surface area contributed by atoms with E-state index < -0.39 is 61.4 Å². The van der Waals surface area contributed by atoms with E-state index in [0.29, 0.717) is 16.2 Å². The van der Waals surface area contributed by atoms with E-state index in [0.717, 1.165) is 5.56 Å². The first-order valence-electron chi connectivity index (χ1n) is 11.7. The molecule has 0 radical (unpaired) electrons. The highest BCUT2D eigenvalue weighted by molar-refractivity contribution is 5.91. The third kappa shape index (κ3) is 7.51. The Hall–Kier alpha value is -3.97. The summed E-state index contributed by atoms with van der Waals surface area (Å²) >= 11 is 0. The Morgan fingerprint density at radius 2 is 1.86 bits per heavy atom. The standard InChI is InChI=1S/C27H29F2N3O5/c1-3-13-30-25(35)21-15-27(28,29)17-32(21)26(36)24(34)20(14-19-10-5-4-6-11-19)31-23(33)16-37-22-12-8-7-9-18(22)2/h1,4-12,20-21,24,34H,13-17H2,2H3,(H,30,35)(H,31,33)/t20-,21-,24-/m0/s1. The first kappa shape index (κ1) is 27.6. The highest BCUT2D eigenvalue weighted by atomic mass is 19.3. The van der Waals surface area contributed by atoms with Crippen LogP contribution in [0.15, 0.2) is 54.6 Å². The van der Waals surface area contributed by atoms with Gasteiger partial charge in [-0.1, -0.05) is 54.5 Å². The van der Waals surface area contributed by atoms with Crippen molar-refractivity contribution in [3.8, 4) is 18.1 Å². The van der Waals surface area contributed by atoms with Gasteiger partial charge in [0.15, 0.2) is 12.7 Å². The molecule has 1 saturated heterocycles. The van der Waals surface area contributed by atoms with Crippen molar-refractivity contribution in [2.45, 2.75) is 43.9 Å². The topological polar surface area (TPSA) is 108 Å². The monoisotopic (exact) mass is 513 g/mol. The fraction of sp³-hybridized carbons (Fsp3) is 0.370. The molecule has 0 bridgehead atoms. The Balaban J connectivity index is 1.76. The highest BCUT2D eigenvalue weighted by Gasteiger charge is 2.51. The number of halogens is 2. The minimum Gasteiger partial charge on any atom is -0.484 e. The number of terminal acetylenes is 1. The van der Waals surface area contributed by atoms with Gasteiger partial charge >= 0.3 is 0 Å². The van der Waals surface area contributed by atoms with Gasteiger partial charge in [-0.2, -0.15) is 0 Å². The van der Waals surface area contributed by atoms with Gasteiger partial charge in [0.05, 0.1) is 19.1 Å². The third-order valence-electron chi connectivity index (χ3n) is 5.95. The van der Waals surface area contributed by atoms with Crippen LogP contribution in [0.4, 0.5) is 8.78 Å². The zero-order chi connectivity index (χ0) is 27.0. The summed E-state index contributed by atoms with van der Waals surface area (Å²) in [6, 6.07) is 13.1. The molecule has 196 valence electrons. The lowest BCUT2D eigenvalue weighted by Gasteiger charge is -2.30. The van der Waals surface area contributed by atoms with Gasteiger partial charge in [-0.05, 0) is 30.5 Å². The van der Waals surface area contributed by atoms with Crippen LogP contribution in [0.5, 0.6) is 5.75 Å². The number of hydrogen-bond acceptors (Lipinski definition) is 5. The summed E-state index contributed by atoms with van der Waals surface area (Å²) in [6.07, 6.45) is 2.34. The quantitative estimate of drug-likeness (QED) is 0.417. The number of carbonyl (C=O) groups excluding carboxylic acids is 3. The number of aliphatic hydroxyl groups is 1. The number of nitrogens with one attached hydrogen (secondary N) is 2. The second-order valence-electron chi connectivity index (χ2n) is 8.83. The van der Waals surface area contributed by atoms with Crippen LogP contribution in [-0.2, 0) is 20.8 Å². The number of para-hydroxylation sites is 1. The number of likely N-dealkylation sites (tertiary alicyclic amines) is 1. The molecule has 3 amide bonds. The Kier molecular flexibility index (Phi) is 9.20. The molecular formula is C27H29F2N3O5. The predicted molar refractivity (Wildman–Crippen MR) is 132 cm³/mol. The van der Waals surface area contributed by atoms with Gasteiger partial charge in [0.2, 0.25) is 5.91 Å². The van der Waals surface area contributed by atoms with Gasteiger partial charge in [0, 0.05) is 6.42 Å². The maximum Gasteiger partial charge on any atom is 0.267 e. The maximum absolute atomic E-state index is 14.2. The third-order valence-corrected chi connectivity index (χ3v) is 5.95. The fourth-order valence-electron chi connectivity index (χ4n) is 4.10. The van der Waals surface area contributed by atoms with Crippen LogP contribution in [0, 0.1) is 19.3 Å². The SMILES string of the molecule is C#CCNC(=O)[C@@H]1CC(F)(F)CN1C(=O)[C@@H](O)[C@H](Cc1ccccc1)NC(=O)COc1ccccc1C. The number of amides is 3. The first-order valence-corrected chi connectivity index (χ1v) is 11.7. The van der Waals surface area contributed by atoms with Crippen LogP contribution in [0.25, 0.3) is 0 Å². The Morgan fingerprint density at radius 1 is 1.19 bits per heavy atom. The first-order chi connectivity index (χ1) is 17.6. The van der Waals surface area contributed by atoms with Crippen LogP contribution >= 0.6 is 0 Å². The predicted octanol–water partition coefficient (Wildman–Crippen LogP) is 1.45. The molecular weight excluding hydrogens is 484 g/mol. The van der Waals surface area contributed by atoms with Crippen molar-refractivity contribution in [3.05, 3.63) is 65.7 Å². The number of benzene rings is 2. The van der Waals surface area contributed by atoms with Gasteiger partial charge < -0.3 is 25.4 Å². The molecule has 0 spiro atoms. The smallest absolute Gasteiger partial charge is 0.267 e. The Morgan fingerprint density at radius 3 is 2.54 bits per heavy atom. The minimum atomic E-state index is -3.33. The zero-order valence-corrected chi connectivity index (χ0v) is 20.3. The number of aliphatic hydroxyl groups excluding tert-OH is 1.